The minimum atomic E-state index is -0.563. The van der Waals surface area contributed by atoms with Gasteiger partial charge in [0, 0.05) is 40.6 Å². The zero-order valence-corrected chi connectivity index (χ0v) is 20.4. The first-order chi connectivity index (χ1) is 16.8. The highest BCUT2D eigenvalue weighted by atomic mass is 16.5. The second kappa shape index (κ2) is 10.1. The van der Waals surface area contributed by atoms with Gasteiger partial charge in [0.2, 0.25) is 0 Å². The van der Waals surface area contributed by atoms with Gasteiger partial charge < -0.3 is 20.1 Å². The van der Waals surface area contributed by atoms with Crippen molar-refractivity contribution in [2.45, 2.75) is 39.5 Å². The zero-order chi connectivity index (χ0) is 25.1. The number of terminal acetylenes is 1. The number of Topliss-reactive ketones (excluding diaryl/α,β-unsaturated/α-hetero) is 1. The number of hydrogen-bond acceptors (Lipinski definition) is 6. The van der Waals surface area contributed by atoms with Crippen LogP contribution in [0.4, 0.5) is 5.82 Å². The molecule has 0 radical (unpaired) electrons. The van der Waals surface area contributed by atoms with E-state index in [4.69, 9.17) is 15.9 Å². The first-order valence-electron chi connectivity index (χ1n) is 11.6. The molecule has 1 amide bonds. The van der Waals surface area contributed by atoms with Crippen molar-refractivity contribution in [3.05, 3.63) is 70.2 Å². The van der Waals surface area contributed by atoms with E-state index in [-0.39, 0.29) is 24.2 Å². The molecular formula is C28H29N3O4. The normalized spacial score (nSPS) is 19.5. The average Bonchev–Trinajstić information content (AvgIpc) is 2.81. The van der Waals surface area contributed by atoms with E-state index in [0.29, 0.717) is 40.6 Å². The molecule has 2 aromatic rings. The zero-order valence-electron chi connectivity index (χ0n) is 20.4. The number of hydrogen-bond donors (Lipinski definition) is 2. The minimum Gasteiger partial charge on any atom is -0.493 e. The van der Waals surface area contributed by atoms with Gasteiger partial charge in [-0.1, -0.05) is 25.0 Å². The Bertz CT molecular complexity index is 1290. The number of dihydropyridines is 1. The molecule has 2 heterocycles. The molecule has 4 rings (SSSR count). The summed E-state index contributed by atoms with van der Waals surface area (Å²) in [6.07, 6.45) is 6.51. The summed E-state index contributed by atoms with van der Waals surface area (Å²) in [5.74, 6) is 3.25. The molecule has 0 bridgehead atoms. The second-order valence-electron chi connectivity index (χ2n) is 8.95. The number of ether oxygens (including phenoxy) is 2. The molecule has 7 heteroatoms. The van der Waals surface area contributed by atoms with Crippen LogP contribution in [0.25, 0.3) is 0 Å². The molecule has 180 valence electrons. The van der Waals surface area contributed by atoms with Crippen molar-refractivity contribution >= 4 is 17.5 Å². The number of rotatable bonds is 6. The summed E-state index contributed by atoms with van der Waals surface area (Å²) in [7, 11) is 1.54. The number of carbonyl (C=O) groups is 2. The Morgan fingerprint density at radius 2 is 2.03 bits per heavy atom. The van der Waals surface area contributed by atoms with E-state index in [1.807, 2.05) is 38.1 Å². The molecule has 0 saturated heterocycles. The Balaban J connectivity index is 1.81. The molecule has 1 aliphatic heterocycles. The summed E-state index contributed by atoms with van der Waals surface area (Å²) in [5.41, 5.74) is 4.21. The summed E-state index contributed by atoms with van der Waals surface area (Å²) in [6.45, 7) is 5.88. The summed E-state index contributed by atoms with van der Waals surface area (Å²) >= 11 is 0. The first kappa shape index (κ1) is 24.1. The van der Waals surface area contributed by atoms with E-state index in [2.05, 4.69) is 28.5 Å². The van der Waals surface area contributed by atoms with Gasteiger partial charge in [0.15, 0.2) is 17.3 Å². The van der Waals surface area contributed by atoms with Gasteiger partial charge in [0.1, 0.15) is 12.4 Å². The van der Waals surface area contributed by atoms with Crippen molar-refractivity contribution in [2.24, 2.45) is 5.92 Å². The fourth-order valence-corrected chi connectivity index (χ4v) is 4.77. The molecule has 2 aliphatic rings. The highest BCUT2D eigenvalue weighted by molar-refractivity contribution is 6.09. The Hall–Kier alpha value is -4.05. The van der Waals surface area contributed by atoms with Crippen LogP contribution in [-0.2, 0) is 9.59 Å². The van der Waals surface area contributed by atoms with E-state index < -0.39 is 5.92 Å². The molecule has 0 unspecified atom stereocenters. The minimum absolute atomic E-state index is 0.0364. The molecule has 0 spiro atoms. The van der Waals surface area contributed by atoms with Crippen molar-refractivity contribution in [3.8, 4) is 23.8 Å². The molecule has 0 saturated carbocycles. The number of aryl methyl sites for hydroxylation is 1. The molecule has 1 aromatic heterocycles. The fraction of sp³-hybridized carbons (Fsp3) is 0.321. The second-order valence-corrected chi connectivity index (χ2v) is 8.95. The number of nitrogens with one attached hydrogen (secondary N) is 2. The highest BCUT2D eigenvalue weighted by Crippen LogP contribution is 2.45. The molecule has 1 aromatic carbocycles. The number of nitrogens with zero attached hydrogens (tertiary/aromatic N) is 1. The molecule has 7 nitrogen and oxygen atoms in total. The van der Waals surface area contributed by atoms with Crippen molar-refractivity contribution < 1.29 is 19.1 Å². The fourth-order valence-electron chi connectivity index (χ4n) is 4.77. The van der Waals surface area contributed by atoms with Crippen LogP contribution in [0, 0.1) is 25.2 Å². The van der Waals surface area contributed by atoms with E-state index in [0.717, 1.165) is 23.4 Å². The van der Waals surface area contributed by atoms with Gasteiger partial charge >= 0.3 is 0 Å². The van der Waals surface area contributed by atoms with Gasteiger partial charge in [0.05, 0.1) is 7.11 Å². The topological polar surface area (TPSA) is 89.5 Å². The molecule has 2 atom stereocenters. The maximum atomic E-state index is 13.6. The van der Waals surface area contributed by atoms with Gasteiger partial charge in [-0.2, -0.15) is 0 Å². The quantitative estimate of drug-likeness (QED) is 0.612. The van der Waals surface area contributed by atoms with Crippen LogP contribution in [-0.4, -0.2) is 30.4 Å². The van der Waals surface area contributed by atoms with Crippen molar-refractivity contribution in [2.75, 3.05) is 19.0 Å². The van der Waals surface area contributed by atoms with Crippen LogP contribution in [0.5, 0.6) is 11.5 Å². The standard InChI is InChI=1S/C28H29N3O4/c1-6-12-35-22-11-10-19(15-23(22)34-5)26-25(28(33)31-24-9-7-8-17(3)29-24)18(4)30-20-13-16(2)14-21(32)27(20)26/h1,7-11,15-16,26,30H,12-14H2,2-5H3,(H,29,31,33)/t16-,26-/m0/s1. The number of carbonyl (C=O) groups excluding carboxylic acids is 2. The summed E-state index contributed by atoms with van der Waals surface area (Å²) < 4.78 is 11.1. The number of ketones is 1. The SMILES string of the molecule is C#CCOc1ccc([C@H]2C(C(=O)Nc3cccc(C)n3)=C(C)NC3=C2C(=O)C[C@@H](C)C3)cc1OC. The number of allylic oxidation sites excluding steroid dienone is 3. The largest absolute Gasteiger partial charge is 0.493 e. The van der Waals surface area contributed by atoms with Crippen LogP contribution < -0.4 is 20.1 Å². The monoisotopic (exact) mass is 471 g/mol. The van der Waals surface area contributed by atoms with E-state index >= 15 is 0 Å². The molecule has 0 fully saturated rings. The van der Waals surface area contributed by atoms with Crippen LogP contribution in [0.2, 0.25) is 0 Å². The lowest BCUT2D eigenvalue weighted by molar-refractivity contribution is -0.117. The number of methoxy groups -OCH3 is 1. The first-order valence-corrected chi connectivity index (χ1v) is 11.6. The van der Waals surface area contributed by atoms with E-state index in [9.17, 15) is 9.59 Å². The van der Waals surface area contributed by atoms with E-state index in [1.54, 1.807) is 19.2 Å². The Morgan fingerprint density at radius 1 is 1.23 bits per heavy atom. The van der Waals surface area contributed by atoms with Gasteiger partial charge in [-0.15, -0.1) is 6.42 Å². The van der Waals surface area contributed by atoms with Crippen LogP contribution in [0.3, 0.4) is 0 Å². The molecule has 2 N–H and O–H groups in total. The van der Waals surface area contributed by atoms with Crippen LogP contribution in [0.15, 0.2) is 58.9 Å². The van der Waals surface area contributed by atoms with Gasteiger partial charge in [-0.3, -0.25) is 9.59 Å². The number of amides is 1. The van der Waals surface area contributed by atoms with Gasteiger partial charge in [-0.25, -0.2) is 4.98 Å². The molecular weight excluding hydrogens is 442 g/mol. The van der Waals surface area contributed by atoms with Gasteiger partial charge in [-0.05, 0) is 56.0 Å². The van der Waals surface area contributed by atoms with Crippen molar-refractivity contribution in [1.82, 2.24) is 10.3 Å². The third-order valence-corrected chi connectivity index (χ3v) is 6.24. The number of aromatic nitrogens is 1. The predicted molar refractivity (Wildman–Crippen MR) is 134 cm³/mol. The molecule has 1 aliphatic carbocycles. The van der Waals surface area contributed by atoms with Crippen LogP contribution >= 0.6 is 0 Å². The maximum absolute atomic E-state index is 13.6. The Kier molecular flexibility index (Phi) is 6.92. The summed E-state index contributed by atoms with van der Waals surface area (Å²) in [6, 6.07) is 10.9. The van der Waals surface area contributed by atoms with Crippen molar-refractivity contribution in [3.63, 3.8) is 0 Å². The maximum Gasteiger partial charge on any atom is 0.255 e. The lowest BCUT2D eigenvalue weighted by atomic mass is 9.73. The smallest absolute Gasteiger partial charge is 0.255 e. The predicted octanol–water partition coefficient (Wildman–Crippen LogP) is 4.26. The number of benzene rings is 1. The van der Waals surface area contributed by atoms with Crippen molar-refractivity contribution in [1.29, 1.82) is 0 Å². The number of anilines is 1. The third kappa shape index (κ3) is 4.92. The third-order valence-electron chi connectivity index (χ3n) is 6.24. The van der Waals surface area contributed by atoms with Crippen LogP contribution in [0.1, 0.15) is 43.9 Å². The number of pyridine rings is 1. The van der Waals surface area contributed by atoms with Gasteiger partial charge in [0.25, 0.3) is 5.91 Å². The lowest BCUT2D eigenvalue weighted by Crippen LogP contribution is -2.37. The summed E-state index contributed by atoms with van der Waals surface area (Å²) in [4.78, 5) is 31.3. The van der Waals surface area contributed by atoms with E-state index in [1.165, 1.54) is 0 Å². The Labute approximate surface area is 205 Å². The molecule has 35 heavy (non-hydrogen) atoms. The lowest BCUT2D eigenvalue weighted by Gasteiger charge is -2.36. The highest BCUT2D eigenvalue weighted by Gasteiger charge is 2.40. The average molecular weight is 472 g/mol. The summed E-state index contributed by atoms with van der Waals surface area (Å²) in [5, 5.41) is 6.26. The Morgan fingerprint density at radius 3 is 2.74 bits per heavy atom.